The minimum Gasteiger partial charge on any atom is -0.207 e. The highest BCUT2D eigenvalue weighted by molar-refractivity contribution is 8.24. The fraction of sp³-hybridized carbons (Fsp3) is 0.200. The van der Waals surface area contributed by atoms with Crippen molar-refractivity contribution in [1.29, 1.82) is 0 Å². The SMILES string of the molecule is C=C/C(F)=C\C(=C/C(=C)CC)S(F)(F)F. The molecule has 0 aliphatic rings. The number of hydrogen-bond donors (Lipinski definition) is 0. The third kappa shape index (κ3) is 5.47. The van der Waals surface area contributed by atoms with Crippen LogP contribution in [-0.2, 0) is 0 Å². The predicted molar refractivity (Wildman–Crippen MR) is 57.8 cm³/mol. The quantitative estimate of drug-likeness (QED) is 0.450. The summed E-state index contributed by atoms with van der Waals surface area (Å²) >= 11 is -5.44. The molecule has 0 aromatic rings. The Morgan fingerprint density at radius 2 is 1.80 bits per heavy atom. The molecule has 0 atom stereocenters. The van der Waals surface area contributed by atoms with E-state index in [1.807, 2.05) is 0 Å². The molecule has 0 amide bonds. The molecule has 5 heteroatoms. The monoisotopic (exact) mass is 240 g/mol. The highest BCUT2D eigenvalue weighted by Crippen LogP contribution is 2.61. The van der Waals surface area contributed by atoms with Crippen LogP contribution in [0.4, 0.5) is 16.0 Å². The molecule has 15 heavy (non-hydrogen) atoms. The zero-order valence-electron chi connectivity index (χ0n) is 8.27. The fourth-order valence-electron chi connectivity index (χ4n) is 0.673. The van der Waals surface area contributed by atoms with E-state index in [0.29, 0.717) is 18.1 Å². The van der Waals surface area contributed by atoms with E-state index >= 15 is 0 Å². The summed E-state index contributed by atoms with van der Waals surface area (Å²) in [6.45, 7) is 8.14. The summed E-state index contributed by atoms with van der Waals surface area (Å²) in [5.41, 5.74) is 0.308. The van der Waals surface area contributed by atoms with Gasteiger partial charge in [-0.3, -0.25) is 0 Å². The summed E-state index contributed by atoms with van der Waals surface area (Å²) in [6, 6.07) is 0. The second-order valence-electron chi connectivity index (χ2n) is 2.70. The van der Waals surface area contributed by atoms with Gasteiger partial charge in [0.05, 0.1) is 4.91 Å². The maximum Gasteiger partial charge on any atom is 0.237 e. The first-order valence-corrected chi connectivity index (χ1v) is 5.46. The molecule has 0 unspecified atom stereocenters. The summed E-state index contributed by atoms with van der Waals surface area (Å²) in [7, 11) is 0. The lowest BCUT2D eigenvalue weighted by Gasteiger charge is -2.11. The standard InChI is InChI=1S/C10H12F4S/c1-4-8(3)6-10(15(12,13)14)7-9(11)5-2/h5-7H,2-4H2,1H3/b9-7+,10-6+. The first-order chi connectivity index (χ1) is 6.81. The lowest BCUT2D eigenvalue weighted by atomic mass is 10.2. The second kappa shape index (κ2) is 5.80. The van der Waals surface area contributed by atoms with Gasteiger partial charge in [0, 0.05) is 0 Å². The van der Waals surface area contributed by atoms with Crippen molar-refractivity contribution in [1.82, 2.24) is 0 Å². The van der Waals surface area contributed by atoms with Crippen LogP contribution in [0.5, 0.6) is 0 Å². The van der Waals surface area contributed by atoms with Gasteiger partial charge in [0.2, 0.25) is 11.2 Å². The van der Waals surface area contributed by atoms with Crippen LogP contribution in [0.1, 0.15) is 13.3 Å². The van der Waals surface area contributed by atoms with Crippen LogP contribution in [0.3, 0.4) is 0 Å². The Hall–Kier alpha value is -0.970. The third-order valence-corrected chi connectivity index (χ3v) is 2.31. The number of halogens is 4. The molecule has 0 N–H and O–H groups in total. The number of allylic oxidation sites excluding steroid dienone is 5. The van der Waals surface area contributed by atoms with Gasteiger partial charge < -0.3 is 0 Å². The van der Waals surface area contributed by atoms with E-state index in [2.05, 4.69) is 13.2 Å². The maximum absolute atomic E-state index is 12.7. The van der Waals surface area contributed by atoms with Crippen LogP contribution in [0, 0.1) is 0 Å². The lowest BCUT2D eigenvalue weighted by Crippen LogP contribution is -1.84. The van der Waals surface area contributed by atoms with E-state index in [9.17, 15) is 16.0 Å². The van der Waals surface area contributed by atoms with Crippen LogP contribution in [0.15, 0.2) is 47.7 Å². The first kappa shape index (κ1) is 14.0. The first-order valence-electron chi connectivity index (χ1n) is 4.12. The Morgan fingerprint density at radius 1 is 1.27 bits per heavy atom. The molecule has 0 heterocycles. The second-order valence-corrected chi connectivity index (χ2v) is 3.98. The maximum atomic E-state index is 12.7. The largest absolute Gasteiger partial charge is 0.237 e. The average Bonchev–Trinajstić information content (AvgIpc) is 2.14. The molecule has 0 aromatic carbocycles. The summed E-state index contributed by atoms with van der Waals surface area (Å²) < 4.78 is 50.0. The Kier molecular flexibility index (Phi) is 5.43. The molecular weight excluding hydrogens is 228 g/mol. The van der Waals surface area contributed by atoms with Gasteiger partial charge in [0.15, 0.2) is 0 Å². The molecule has 0 fully saturated rings. The van der Waals surface area contributed by atoms with Gasteiger partial charge in [0.25, 0.3) is 0 Å². The Labute approximate surface area is 88.9 Å². The predicted octanol–water partition coefficient (Wildman–Crippen LogP) is 5.33. The molecule has 86 valence electrons. The summed E-state index contributed by atoms with van der Waals surface area (Å²) in [5, 5.41) is 0. The van der Waals surface area contributed by atoms with E-state index in [4.69, 9.17) is 0 Å². The van der Waals surface area contributed by atoms with Gasteiger partial charge in [-0.1, -0.05) is 25.7 Å². The van der Waals surface area contributed by atoms with Crippen LogP contribution in [-0.4, -0.2) is 0 Å². The van der Waals surface area contributed by atoms with Crippen LogP contribution in [0.2, 0.25) is 0 Å². The van der Waals surface area contributed by atoms with Gasteiger partial charge in [-0.25, -0.2) is 4.39 Å². The van der Waals surface area contributed by atoms with E-state index < -0.39 is 21.9 Å². The molecule has 0 nitrogen and oxygen atoms in total. The summed E-state index contributed by atoms with van der Waals surface area (Å²) in [5.74, 6) is -1.00. The normalized spacial score (nSPS) is 15.0. The zero-order chi connectivity index (χ0) is 12.1. The van der Waals surface area contributed by atoms with Gasteiger partial charge in [-0.15, -0.1) is 11.7 Å². The van der Waals surface area contributed by atoms with Crippen LogP contribution < -0.4 is 0 Å². The van der Waals surface area contributed by atoms with Crippen molar-refractivity contribution in [2.75, 3.05) is 0 Å². The zero-order valence-corrected chi connectivity index (χ0v) is 9.09. The highest BCUT2D eigenvalue weighted by atomic mass is 32.3. The van der Waals surface area contributed by atoms with Crippen LogP contribution >= 0.6 is 11.2 Å². The smallest absolute Gasteiger partial charge is 0.207 e. The van der Waals surface area contributed by atoms with Gasteiger partial charge in [-0.05, 0) is 24.6 Å². The molecule has 0 saturated heterocycles. The van der Waals surface area contributed by atoms with E-state index in [1.165, 1.54) is 0 Å². The van der Waals surface area contributed by atoms with Crippen molar-refractivity contribution < 1.29 is 16.0 Å². The van der Waals surface area contributed by atoms with Crippen molar-refractivity contribution in [2.24, 2.45) is 0 Å². The molecule has 0 radical (unpaired) electrons. The Balaban J connectivity index is 5.17. The Morgan fingerprint density at radius 3 is 2.13 bits per heavy atom. The van der Waals surface area contributed by atoms with Crippen molar-refractivity contribution >= 4 is 11.2 Å². The molecule has 0 bridgehead atoms. The molecule has 0 aliphatic carbocycles. The van der Waals surface area contributed by atoms with E-state index in [-0.39, 0.29) is 0 Å². The topological polar surface area (TPSA) is 0 Å². The average molecular weight is 240 g/mol. The third-order valence-electron chi connectivity index (χ3n) is 1.54. The molecule has 0 rings (SSSR count). The number of rotatable bonds is 5. The van der Waals surface area contributed by atoms with Gasteiger partial charge >= 0.3 is 0 Å². The minimum absolute atomic E-state index is 0.308. The van der Waals surface area contributed by atoms with Gasteiger partial charge in [0.1, 0.15) is 5.83 Å². The van der Waals surface area contributed by atoms with Crippen molar-refractivity contribution in [2.45, 2.75) is 13.3 Å². The Bertz CT molecular complexity index is 310. The molecule has 0 spiro atoms. The fourth-order valence-corrected chi connectivity index (χ4v) is 1.22. The summed E-state index contributed by atoms with van der Waals surface area (Å²) in [6.07, 6.45) is 2.41. The molecule has 0 aromatic heterocycles. The van der Waals surface area contributed by atoms with E-state index in [1.54, 1.807) is 6.92 Å². The summed E-state index contributed by atoms with van der Waals surface area (Å²) in [4.78, 5) is -0.980. The minimum atomic E-state index is -5.44. The molecule has 0 aliphatic heterocycles. The molecular formula is C10H12F4S. The van der Waals surface area contributed by atoms with Crippen LogP contribution in [0.25, 0.3) is 0 Å². The van der Waals surface area contributed by atoms with Gasteiger partial charge in [-0.2, -0.15) is 0 Å². The highest BCUT2D eigenvalue weighted by Gasteiger charge is 2.26. The van der Waals surface area contributed by atoms with E-state index in [0.717, 1.165) is 12.2 Å². The molecule has 0 saturated carbocycles. The van der Waals surface area contributed by atoms with Crippen molar-refractivity contribution in [3.05, 3.63) is 47.7 Å². The number of hydrogen-bond acceptors (Lipinski definition) is 0. The van der Waals surface area contributed by atoms with Crippen molar-refractivity contribution in [3.8, 4) is 0 Å². The van der Waals surface area contributed by atoms with Crippen molar-refractivity contribution in [3.63, 3.8) is 0 Å². The lowest BCUT2D eigenvalue weighted by molar-refractivity contribution is 0.643.